The Morgan fingerprint density at radius 3 is 2.64 bits per heavy atom. The molecule has 1 rings (SSSR count). The van der Waals surface area contributed by atoms with E-state index in [1.807, 2.05) is 0 Å². The summed E-state index contributed by atoms with van der Waals surface area (Å²) in [4.78, 5) is 0. The van der Waals surface area contributed by atoms with Crippen LogP contribution in [-0.2, 0) is 0 Å². The Balaban J connectivity index is 2.18. The fourth-order valence-electron chi connectivity index (χ4n) is 1.95. The Kier molecular flexibility index (Phi) is 4.29. The van der Waals surface area contributed by atoms with Crippen LogP contribution in [0.15, 0.2) is 0 Å². The van der Waals surface area contributed by atoms with Gasteiger partial charge in [-0.25, -0.2) is 0 Å². The van der Waals surface area contributed by atoms with Gasteiger partial charge in [-0.1, -0.05) is 32.6 Å². The van der Waals surface area contributed by atoms with E-state index < -0.39 is 0 Å². The molecular weight excluding hydrogens is 156 g/mol. The maximum atomic E-state index is 6.22. The summed E-state index contributed by atoms with van der Waals surface area (Å²) < 4.78 is 0. The van der Waals surface area contributed by atoms with Crippen LogP contribution in [-0.4, -0.2) is 5.38 Å². The van der Waals surface area contributed by atoms with Crippen molar-refractivity contribution in [1.82, 2.24) is 0 Å². The van der Waals surface area contributed by atoms with Crippen molar-refractivity contribution in [2.45, 2.75) is 57.2 Å². The van der Waals surface area contributed by atoms with Gasteiger partial charge in [0.25, 0.3) is 0 Å². The minimum Gasteiger partial charge on any atom is -0.123 e. The van der Waals surface area contributed by atoms with E-state index in [1.54, 1.807) is 0 Å². The lowest BCUT2D eigenvalue weighted by molar-refractivity contribution is 0.338. The molecule has 0 saturated heterocycles. The van der Waals surface area contributed by atoms with Crippen LogP contribution in [0.1, 0.15) is 51.9 Å². The third-order valence-electron chi connectivity index (χ3n) is 2.74. The normalized spacial score (nSPS) is 32.2. The molecule has 11 heavy (non-hydrogen) atoms. The summed E-state index contributed by atoms with van der Waals surface area (Å²) in [5, 5.41) is 0.496. The van der Waals surface area contributed by atoms with Gasteiger partial charge in [0, 0.05) is 5.38 Å². The average Bonchev–Trinajstić information content (AvgIpc) is 2.03. The van der Waals surface area contributed by atoms with E-state index in [0.717, 1.165) is 5.92 Å². The van der Waals surface area contributed by atoms with E-state index in [2.05, 4.69) is 6.92 Å². The molecule has 1 fully saturated rings. The van der Waals surface area contributed by atoms with E-state index in [0.29, 0.717) is 5.38 Å². The minimum absolute atomic E-state index is 0.496. The van der Waals surface area contributed by atoms with Crippen LogP contribution < -0.4 is 0 Å². The van der Waals surface area contributed by atoms with Crippen LogP contribution >= 0.6 is 11.6 Å². The highest BCUT2D eigenvalue weighted by atomic mass is 35.5. The maximum absolute atomic E-state index is 6.22. The Morgan fingerprint density at radius 1 is 1.27 bits per heavy atom. The van der Waals surface area contributed by atoms with Gasteiger partial charge in [-0.2, -0.15) is 0 Å². The number of unbranched alkanes of at least 4 members (excludes halogenated alkanes) is 1. The largest absolute Gasteiger partial charge is 0.123 e. The number of rotatable bonds is 3. The smallest absolute Gasteiger partial charge is 0.0364 e. The Labute approximate surface area is 75.3 Å². The minimum atomic E-state index is 0.496. The van der Waals surface area contributed by atoms with Crippen molar-refractivity contribution in [2.75, 3.05) is 0 Å². The van der Waals surface area contributed by atoms with Gasteiger partial charge in [-0.3, -0.25) is 0 Å². The molecule has 0 spiro atoms. The summed E-state index contributed by atoms with van der Waals surface area (Å²) in [6.45, 7) is 2.26. The molecule has 0 N–H and O–H groups in total. The van der Waals surface area contributed by atoms with E-state index in [1.165, 1.54) is 44.9 Å². The van der Waals surface area contributed by atoms with E-state index >= 15 is 0 Å². The van der Waals surface area contributed by atoms with Crippen molar-refractivity contribution < 1.29 is 0 Å². The first-order valence-electron chi connectivity index (χ1n) is 4.98. The third kappa shape index (κ3) is 3.02. The zero-order valence-corrected chi connectivity index (χ0v) is 8.24. The number of hydrogen-bond acceptors (Lipinski definition) is 0. The van der Waals surface area contributed by atoms with Gasteiger partial charge in [0.15, 0.2) is 0 Å². The summed E-state index contributed by atoms with van der Waals surface area (Å²) in [5.41, 5.74) is 0. The van der Waals surface area contributed by atoms with Gasteiger partial charge in [0.05, 0.1) is 0 Å². The monoisotopic (exact) mass is 174 g/mol. The Morgan fingerprint density at radius 2 is 2.00 bits per heavy atom. The van der Waals surface area contributed by atoms with Crippen molar-refractivity contribution in [2.24, 2.45) is 5.92 Å². The molecule has 1 heteroatoms. The molecular formula is C10H19Cl. The first-order chi connectivity index (χ1) is 5.34. The summed E-state index contributed by atoms with van der Waals surface area (Å²) in [6.07, 6.45) is 9.47. The van der Waals surface area contributed by atoms with Gasteiger partial charge in [-0.15, -0.1) is 11.6 Å². The lowest BCUT2D eigenvalue weighted by Crippen LogP contribution is -2.19. The second-order valence-electron chi connectivity index (χ2n) is 3.70. The van der Waals surface area contributed by atoms with E-state index in [4.69, 9.17) is 11.6 Å². The van der Waals surface area contributed by atoms with Crippen molar-refractivity contribution in [3.05, 3.63) is 0 Å². The highest BCUT2D eigenvalue weighted by Crippen LogP contribution is 2.31. The van der Waals surface area contributed by atoms with Crippen molar-refractivity contribution in [3.63, 3.8) is 0 Å². The second-order valence-corrected chi connectivity index (χ2v) is 4.26. The third-order valence-corrected chi connectivity index (χ3v) is 3.32. The van der Waals surface area contributed by atoms with Crippen LogP contribution in [0.5, 0.6) is 0 Å². The number of hydrogen-bond donors (Lipinski definition) is 0. The quantitative estimate of drug-likeness (QED) is 0.568. The van der Waals surface area contributed by atoms with Crippen LogP contribution in [0, 0.1) is 5.92 Å². The molecule has 66 valence electrons. The highest BCUT2D eigenvalue weighted by molar-refractivity contribution is 6.20. The molecule has 1 aliphatic carbocycles. The molecule has 0 radical (unpaired) electrons. The van der Waals surface area contributed by atoms with Gasteiger partial charge in [0.2, 0.25) is 0 Å². The summed E-state index contributed by atoms with van der Waals surface area (Å²) in [5.74, 6) is 0.838. The van der Waals surface area contributed by atoms with Gasteiger partial charge in [0.1, 0.15) is 0 Å². The predicted octanol–water partition coefficient (Wildman–Crippen LogP) is 3.97. The predicted molar refractivity (Wildman–Crippen MR) is 51.1 cm³/mol. The van der Waals surface area contributed by atoms with Crippen LogP contribution in [0.25, 0.3) is 0 Å². The van der Waals surface area contributed by atoms with Gasteiger partial charge >= 0.3 is 0 Å². The molecule has 0 heterocycles. The first kappa shape index (κ1) is 9.38. The van der Waals surface area contributed by atoms with E-state index in [-0.39, 0.29) is 0 Å². The zero-order chi connectivity index (χ0) is 8.10. The van der Waals surface area contributed by atoms with Gasteiger partial charge < -0.3 is 0 Å². The lowest BCUT2D eigenvalue weighted by atomic mass is 9.85. The molecule has 0 bridgehead atoms. The first-order valence-corrected chi connectivity index (χ1v) is 5.42. The van der Waals surface area contributed by atoms with Crippen molar-refractivity contribution in [3.8, 4) is 0 Å². The molecule has 0 nitrogen and oxygen atoms in total. The Bertz CT molecular complexity index is 101. The van der Waals surface area contributed by atoms with Crippen molar-refractivity contribution >= 4 is 11.6 Å². The van der Waals surface area contributed by atoms with Crippen LogP contribution in [0.4, 0.5) is 0 Å². The average molecular weight is 175 g/mol. The second kappa shape index (κ2) is 5.03. The van der Waals surface area contributed by atoms with Gasteiger partial charge in [-0.05, 0) is 25.2 Å². The lowest BCUT2D eigenvalue weighted by Gasteiger charge is -2.26. The molecule has 1 aliphatic rings. The molecule has 0 aromatic rings. The Hall–Kier alpha value is 0.290. The molecule has 0 aromatic heterocycles. The molecule has 0 aliphatic heterocycles. The SMILES string of the molecule is CCCCC1CCCCC1Cl. The summed E-state index contributed by atoms with van der Waals surface area (Å²) in [6, 6.07) is 0. The molecule has 2 unspecified atom stereocenters. The molecule has 0 aromatic carbocycles. The summed E-state index contributed by atoms with van der Waals surface area (Å²) in [7, 11) is 0. The molecule has 0 amide bonds. The fraction of sp³-hybridized carbons (Fsp3) is 1.00. The fourth-order valence-corrected chi connectivity index (χ4v) is 2.36. The highest BCUT2D eigenvalue weighted by Gasteiger charge is 2.21. The topological polar surface area (TPSA) is 0 Å². The molecule has 1 saturated carbocycles. The van der Waals surface area contributed by atoms with E-state index in [9.17, 15) is 0 Å². The van der Waals surface area contributed by atoms with Crippen LogP contribution in [0.3, 0.4) is 0 Å². The molecule has 2 atom stereocenters. The standard InChI is InChI=1S/C10H19Cl/c1-2-3-6-9-7-4-5-8-10(9)11/h9-10H,2-8H2,1H3. The van der Waals surface area contributed by atoms with Crippen molar-refractivity contribution in [1.29, 1.82) is 0 Å². The zero-order valence-electron chi connectivity index (χ0n) is 7.48. The number of halogens is 1. The number of alkyl halides is 1. The maximum Gasteiger partial charge on any atom is 0.0364 e. The summed E-state index contributed by atoms with van der Waals surface area (Å²) >= 11 is 6.22. The van der Waals surface area contributed by atoms with Crippen LogP contribution in [0.2, 0.25) is 0 Å².